The van der Waals surface area contributed by atoms with Crippen LogP contribution in [-0.2, 0) is 4.79 Å². The monoisotopic (exact) mass is 247 g/mol. The number of H-pyrrole nitrogens is 1. The summed E-state index contributed by atoms with van der Waals surface area (Å²) in [6.45, 7) is 0.750. The summed E-state index contributed by atoms with van der Waals surface area (Å²) in [6, 6.07) is 3.96. The Morgan fingerprint density at radius 1 is 1.59 bits per heavy atom. The SMILES string of the molecule is O=C1CC(CS)CN1c1cnc2[nH]ccc2c1. The first-order valence-corrected chi connectivity index (χ1v) is 6.25. The molecule has 17 heavy (non-hydrogen) atoms. The lowest BCUT2D eigenvalue weighted by molar-refractivity contribution is -0.117. The van der Waals surface area contributed by atoms with Crippen LogP contribution in [0.5, 0.6) is 0 Å². The molecule has 88 valence electrons. The molecular formula is C12H13N3OS. The van der Waals surface area contributed by atoms with Crippen LogP contribution in [0.1, 0.15) is 6.42 Å². The lowest BCUT2D eigenvalue weighted by atomic mass is 10.1. The molecule has 1 unspecified atom stereocenters. The number of carbonyl (C=O) groups excluding carboxylic acids is 1. The van der Waals surface area contributed by atoms with Crippen molar-refractivity contribution >= 4 is 35.3 Å². The molecule has 4 nitrogen and oxygen atoms in total. The third kappa shape index (κ3) is 1.80. The van der Waals surface area contributed by atoms with Gasteiger partial charge in [-0.1, -0.05) is 0 Å². The van der Waals surface area contributed by atoms with Gasteiger partial charge >= 0.3 is 0 Å². The Kier molecular flexibility index (Phi) is 2.55. The Balaban J connectivity index is 1.95. The zero-order valence-corrected chi connectivity index (χ0v) is 10.2. The molecule has 3 rings (SSSR count). The number of amides is 1. The standard InChI is InChI=1S/C12H13N3OS/c16-11-3-8(7-17)6-15(11)10-4-9-1-2-13-12(9)14-5-10/h1-2,4-5,8,17H,3,6-7H2,(H,13,14). The van der Waals surface area contributed by atoms with Crippen molar-refractivity contribution in [2.45, 2.75) is 6.42 Å². The van der Waals surface area contributed by atoms with E-state index in [4.69, 9.17) is 0 Å². The van der Waals surface area contributed by atoms with E-state index < -0.39 is 0 Å². The molecule has 2 aromatic rings. The number of hydrogen-bond acceptors (Lipinski definition) is 3. The highest BCUT2D eigenvalue weighted by molar-refractivity contribution is 7.80. The highest BCUT2D eigenvalue weighted by Crippen LogP contribution is 2.26. The summed E-state index contributed by atoms with van der Waals surface area (Å²) in [6.07, 6.45) is 4.19. The first kappa shape index (κ1) is 10.7. The predicted octanol–water partition coefficient (Wildman–Crippen LogP) is 1.85. The number of fused-ring (bicyclic) bond motifs is 1. The maximum absolute atomic E-state index is 11.9. The van der Waals surface area contributed by atoms with Crippen LogP contribution in [0.2, 0.25) is 0 Å². The molecule has 0 saturated carbocycles. The zero-order chi connectivity index (χ0) is 11.8. The van der Waals surface area contributed by atoms with Crippen molar-refractivity contribution in [1.29, 1.82) is 0 Å². The summed E-state index contributed by atoms with van der Waals surface area (Å²) < 4.78 is 0. The van der Waals surface area contributed by atoms with Crippen molar-refractivity contribution in [3.05, 3.63) is 24.5 Å². The molecule has 0 bridgehead atoms. The number of aromatic amines is 1. The Morgan fingerprint density at radius 3 is 3.24 bits per heavy atom. The van der Waals surface area contributed by atoms with Crippen molar-refractivity contribution < 1.29 is 4.79 Å². The number of rotatable bonds is 2. The second kappa shape index (κ2) is 4.07. The van der Waals surface area contributed by atoms with Gasteiger partial charge in [-0.3, -0.25) is 4.79 Å². The van der Waals surface area contributed by atoms with Gasteiger partial charge in [-0.05, 0) is 23.8 Å². The number of pyridine rings is 1. The molecule has 1 amide bonds. The smallest absolute Gasteiger partial charge is 0.227 e. The molecule has 1 aliphatic heterocycles. The molecule has 1 fully saturated rings. The Labute approximate surface area is 104 Å². The van der Waals surface area contributed by atoms with Gasteiger partial charge in [0.15, 0.2) is 0 Å². The normalized spacial score (nSPS) is 20.4. The topological polar surface area (TPSA) is 49.0 Å². The van der Waals surface area contributed by atoms with Crippen molar-refractivity contribution in [3.8, 4) is 0 Å². The van der Waals surface area contributed by atoms with Crippen molar-refractivity contribution in [1.82, 2.24) is 9.97 Å². The number of aromatic nitrogens is 2. The largest absolute Gasteiger partial charge is 0.346 e. The lowest BCUT2D eigenvalue weighted by Crippen LogP contribution is -2.24. The second-order valence-corrected chi connectivity index (χ2v) is 4.73. The molecule has 0 aliphatic carbocycles. The Bertz CT molecular complexity index is 566. The quantitative estimate of drug-likeness (QED) is 0.796. The summed E-state index contributed by atoms with van der Waals surface area (Å²) >= 11 is 4.26. The van der Waals surface area contributed by atoms with E-state index in [2.05, 4.69) is 22.6 Å². The van der Waals surface area contributed by atoms with E-state index in [1.807, 2.05) is 18.3 Å². The van der Waals surface area contributed by atoms with E-state index in [0.717, 1.165) is 29.0 Å². The molecule has 3 heterocycles. The average Bonchev–Trinajstić information content (AvgIpc) is 2.93. The summed E-state index contributed by atoms with van der Waals surface area (Å²) in [5.74, 6) is 1.27. The van der Waals surface area contributed by atoms with Gasteiger partial charge in [-0.15, -0.1) is 0 Å². The fourth-order valence-corrected chi connectivity index (χ4v) is 2.47. The minimum atomic E-state index is 0.167. The Hall–Kier alpha value is -1.49. The predicted molar refractivity (Wildman–Crippen MR) is 70.4 cm³/mol. The van der Waals surface area contributed by atoms with Crippen LogP contribution in [0.4, 0.5) is 5.69 Å². The summed E-state index contributed by atoms with van der Waals surface area (Å²) in [5.41, 5.74) is 1.73. The van der Waals surface area contributed by atoms with Crippen LogP contribution in [-0.4, -0.2) is 28.2 Å². The minimum Gasteiger partial charge on any atom is -0.346 e. The van der Waals surface area contributed by atoms with Crippen LogP contribution in [0, 0.1) is 5.92 Å². The molecule has 0 aromatic carbocycles. The summed E-state index contributed by atoms with van der Waals surface area (Å²) in [7, 11) is 0. The fraction of sp³-hybridized carbons (Fsp3) is 0.333. The number of nitrogens with zero attached hydrogens (tertiary/aromatic N) is 2. The molecule has 5 heteroatoms. The van der Waals surface area contributed by atoms with Crippen molar-refractivity contribution in [2.24, 2.45) is 5.92 Å². The van der Waals surface area contributed by atoms with E-state index in [0.29, 0.717) is 12.3 Å². The second-order valence-electron chi connectivity index (χ2n) is 4.37. The van der Waals surface area contributed by atoms with Gasteiger partial charge in [0.05, 0.1) is 11.9 Å². The van der Waals surface area contributed by atoms with Gasteiger partial charge < -0.3 is 9.88 Å². The fourth-order valence-electron chi connectivity index (χ4n) is 2.23. The third-order valence-corrected chi connectivity index (χ3v) is 3.68. The zero-order valence-electron chi connectivity index (χ0n) is 9.26. The molecule has 0 spiro atoms. The molecule has 2 aromatic heterocycles. The molecule has 1 atom stereocenters. The molecular weight excluding hydrogens is 234 g/mol. The first-order chi connectivity index (χ1) is 8.28. The van der Waals surface area contributed by atoms with E-state index in [1.165, 1.54) is 0 Å². The van der Waals surface area contributed by atoms with Gasteiger partial charge in [-0.2, -0.15) is 12.6 Å². The van der Waals surface area contributed by atoms with Crippen LogP contribution in [0.3, 0.4) is 0 Å². The Morgan fingerprint density at radius 2 is 2.47 bits per heavy atom. The highest BCUT2D eigenvalue weighted by Gasteiger charge is 2.29. The number of hydrogen-bond donors (Lipinski definition) is 2. The first-order valence-electron chi connectivity index (χ1n) is 5.62. The molecule has 1 N–H and O–H groups in total. The van der Waals surface area contributed by atoms with E-state index in [1.54, 1.807) is 11.1 Å². The van der Waals surface area contributed by atoms with E-state index >= 15 is 0 Å². The van der Waals surface area contributed by atoms with Gasteiger partial charge in [0, 0.05) is 24.5 Å². The maximum Gasteiger partial charge on any atom is 0.227 e. The van der Waals surface area contributed by atoms with E-state index in [9.17, 15) is 4.79 Å². The average molecular weight is 247 g/mol. The number of thiol groups is 1. The van der Waals surface area contributed by atoms with Gasteiger partial charge in [0.2, 0.25) is 5.91 Å². The van der Waals surface area contributed by atoms with E-state index in [-0.39, 0.29) is 5.91 Å². The molecule has 0 radical (unpaired) electrons. The van der Waals surface area contributed by atoms with Gasteiger partial charge in [-0.25, -0.2) is 4.98 Å². The number of anilines is 1. The third-order valence-electron chi connectivity index (χ3n) is 3.16. The van der Waals surface area contributed by atoms with Crippen LogP contribution in [0.25, 0.3) is 11.0 Å². The maximum atomic E-state index is 11.9. The van der Waals surface area contributed by atoms with Crippen molar-refractivity contribution in [3.63, 3.8) is 0 Å². The van der Waals surface area contributed by atoms with Crippen molar-refractivity contribution in [2.75, 3.05) is 17.2 Å². The van der Waals surface area contributed by atoms with Crippen LogP contribution >= 0.6 is 12.6 Å². The van der Waals surface area contributed by atoms with Crippen LogP contribution < -0.4 is 4.90 Å². The highest BCUT2D eigenvalue weighted by atomic mass is 32.1. The number of nitrogens with one attached hydrogen (secondary N) is 1. The minimum absolute atomic E-state index is 0.167. The van der Waals surface area contributed by atoms with Crippen LogP contribution in [0.15, 0.2) is 24.5 Å². The van der Waals surface area contributed by atoms with Gasteiger partial charge in [0.25, 0.3) is 0 Å². The lowest BCUT2D eigenvalue weighted by Gasteiger charge is -2.15. The summed E-state index contributed by atoms with van der Waals surface area (Å²) in [4.78, 5) is 21.0. The summed E-state index contributed by atoms with van der Waals surface area (Å²) in [5, 5.41) is 1.03. The molecule has 1 saturated heterocycles. The van der Waals surface area contributed by atoms with Gasteiger partial charge in [0.1, 0.15) is 5.65 Å². The molecule has 1 aliphatic rings. The number of carbonyl (C=O) groups is 1.